The van der Waals surface area contributed by atoms with Crippen molar-refractivity contribution in [2.75, 3.05) is 13.2 Å². The quantitative estimate of drug-likeness (QED) is 0.0261. The van der Waals surface area contributed by atoms with Crippen LogP contribution in [0.3, 0.4) is 0 Å². The molecule has 0 saturated heterocycles. The van der Waals surface area contributed by atoms with Crippen molar-refractivity contribution < 1.29 is 28.6 Å². The summed E-state index contributed by atoms with van der Waals surface area (Å²) in [6, 6.07) is 0. The first-order chi connectivity index (χ1) is 40.0. The molecule has 0 fully saturated rings. The number of unbranched alkanes of at least 4 members (excludes halogenated alkanes) is 36. The monoisotopic (exact) mass is 1130 g/mol. The van der Waals surface area contributed by atoms with E-state index in [2.05, 4.69) is 118 Å². The van der Waals surface area contributed by atoms with Gasteiger partial charge in [0.1, 0.15) is 13.2 Å². The third kappa shape index (κ3) is 67.0. The number of carbonyl (C=O) groups excluding carboxylic acids is 3. The lowest BCUT2D eigenvalue weighted by molar-refractivity contribution is -0.167. The van der Waals surface area contributed by atoms with Crippen LogP contribution >= 0.6 is 0 Å². The van der Waals surface area contributed by atoms with Crippen LogP contribution in [0.4, 0.5) is 0 Å². The molecular weight excluding hydrogens is 997 g/mol. The first kappa shape index (κ1) is 77.3. The van der Waals surface area contributed by atoms with E-state index in [1.165, 1.54) is 205 Å². The van der Waals surface area contributed by atoms with Crippen molar-refractivity contribution >= 4 is 17.9 Å². The number of rotatable bonds is 63. The van der Waals surface area contributed by atoms with Crippen molar-refractivity contribution in [1.82, 2.24) is 0 Å². The van der Waals surface area contributed by atoms with Gasteiger partial charge in [-0.15, -0.1) is 0 Å². The lowest BCUT2D eigenvalue weighted by Gasteiger charge is -2.18. The summed E-state index contributed by atoms with van der Waals surface area (Å²) < 4.78 is 16.9. The van der Waals surface area contributed by atoms with Crippen LogP contribution in [-0.2, 0) is 28.6 Å². The maximum Gasteiger partial charge on any atom is 0.306 e. The van der Waals surface area contributed by atoms with E-state index in [-0.39, 0.29) is 31.1 Å². The highest BCUT2D eigenvalue weighted by Crippen LogP contribution is 2.17. The Balaban J connectivity index is 4.30. The average Bonchev–Trinajstić information content (AvgIpc) is 3.47. The second kappa shape index (κ2) is 68.8. The van der Waals surface area contributed by atoms with E-state index in [0.717, 1.165) is 96.3 Å². The number of hydrogen-bond acceptors (Lipinski definition) is 6. The van der Waals surface area contributed by atoms with Crippen LogP contribution in [0, 0.1) is 0 Å². The number of carbonyl (C=O) groups is 3. The molecule has 0 aliphatic carbocycles. The number of esters is 3. The zero-order valence-electron chi connectivity index (χ0n) is 53.5. The lowest BCUT2D eigenvalue weighted by atomic mass is 10.0. The van der Waals surface area contributed by atoms with Gasteiger partial charge in [0.05, 0.1) is 0 Å². The minimum absolute atomic E-state index is 0.0902. The molecule has 0 aromatic heterocycles. The van der Waals surface area contributed by atoms with E-state index in [1.807, 2.05) is 0 Å². The Morgan fingerprint density at radius 1 is 0.259 bits per heavy atom. The number of hydrogen-bond donors (Lipinski definition) is 0. The molecule has 6 heteroatoms. The van der Waals surface area contributed by atoms with Crippen molar-refractivity contribution in [3.8, 4) is 0 Å². The fourth-order valence-electron chi connectivity index (χ4n) is 9.85. The van der Waals surface area contributed by atoms with Gasteiger partial charge in [-0.05, 0) is 122 Å². The summed E-state index contributed by atoms with van der Waals surface area (Å²) in [5.74, 6) is -0.923. The normalized spacial score (nSPS) is 12.7. The molecule has 0 rings (SSSR count). The minimum atomic E-state index is -0.798. The van der Waals surface area contributed by atoms with Crippen LogP contribution in [0.15, 0.2) is 97.2 Å². The molecule has 6 nitrogen and oxygen atoms in total. The Labute approximate surface area is 502 Å². The van der Waals surface area contributed by atoms with Gasteiger partial charge in [0.15, 0.2) is 6.10 Å². The molecule has 0 bridgehead atoms. The molecule has 466 valence electrons. The van der Waals surface area contributed by atoms with Crippen molar-refractivity contribution in [2.45, 2.75) is 348 Å². The molecule has 81 heavy (non-hydrogen) atoms. The van der Waals surface area contributed by atoms with Crippen LogP contribution in [0.25, 0.3) is 0 Å². The van der Waals surface area contributed by atoms with Crippen LogP contribution in [0.5, 0.6) is 0 Å². The van der Waals surface area contributed by atoms with E-state index in [1.54, 1.807) is 0 Å². The Hall–Kier alpha value is -3.67. The minimum Gasteiger partial charge on any atom is -0.462 e. The summed E-state index contributed by atoms with van der Waals surface area (Å²) in [5, 5.41) is 0. The summed E-state index contributed by atoms with van der Waals surface area (Å²) in [4.78, 5) is 38.4. The molecule has 0 aliphatic heterocycles. The van der Waals surface area contributed by atoms with Crippen molar-refractivity contribution in [1.29, 1.82) is 0 Å². The Bertz CT molecular complexity index is 1580. The Kier molecular flexibility index (Phi) is 65.7. The van der Waals surface area contributed by atoms with Crippen LogP contribution < -0.4 is 0 Å². The maximum atomic E-state index is 12.9. The molecule has 0 saturated carbocycles. The van der Waals surface area contributed by atoms with Crippen LogP contribution in [-0.4, -0.2) is 37.2 Å². The molecule has 0 radical (unpaired) electrons. The van der Waals surface area contributed by atoms with Gasteiger partial charge in [-0.3, -0.25) is 14.4 Å². The van der Waals surface area contributed by atoms with Gasteiger partial charge in [-0.2, -0.15) is 0 Å². The molecule has 0 amide bonds. The summed E-state index contributed by atoms with van der Waals surface area (Å²) in [5.41, 5.74) is 0. The molecule has 0 aromatic rings. The van der Waals surface area contributed by atoms with Crippen LogP contribution in [0.2, 0.25) is 0 Å². The first-order valence-corrected chi connectivity index (χ1v) is 34.7. The van der Waals surface area contributed by atoms with Gasteiger partial charge in [-0.25, -0.2) is 0 Å². The van der Waals surface area contributed by atoms with Gasteiger partial charge in [0, 0.05) is 19.3 Å². The standard InChI is InChI=1S/C75H130O6/c1-4-7-10-13-16-19-22-25-28-30-32-33-34-35-36-37-38-39-40-41-43-44-47-50-53-56-59-62-65-68-74(77)80-71-72(70-79-73(76)67-64-61-58-55-52-49-46-27-24-21-18-15-12-9-6-3)81-75(78)69-66-63-60-57-54-51-48-45-42-31-29-26-23-20-17-14-11-8-5-2/h9,12,18,21-22,25-27,29-30,32,34-35,46,52,55,72H,4-8,10-11,13-17,19-20,23-24,28,31,33,36-45,47-51,53-54,56-71H2,1-3H3/b12-9-,21-18-,25-22-,29-26-,32-30-,35-34-,46-27-,55-52-. The molecule has 0 aromatic carbocycles. The first-order valence-electron chi connectivity index (χ1n) is 34.7. The van der Waals surface area contributed by atoms with Crippen molar-refractivity contribution in [2.24, 2.45) is 0 Å². The smallest absolute Gasteiger partial charge is 0.306 e. The second-order valence-electron chi connectivity index (χ2n) is 23.1. The van der Waals surface area contributed by atoms with E-state index >= 15 is 0 Å². The molecule has 0 heterocycles. The molecular formula is C75H130O6. The Morgan fingerprint density at radius 3 is 0.790 bits per heavy atom. The fourth-order valence-corrected chi connectivity index (χ4v) is 9.85. The lowest BCUT2D eigenvalue weighted by Crippen LogP contribution is -2.30. The van der Waals surface area contributed by atoms with Gasteiger partial charge >= 0.3 is 17.9 Å². The van der Waals surface area contributed by atoms with E-state index < -0.39 is 6.10 Å². The zero-order valence-corrected chi connectivity index (χ0v) is 53.5. The van der Waals surface area contributed by atoms with E-state index in [0.29, 0.717) is 19.3 Å². The average molecular weight is 1130 g/mol. The highest BCUT2D eigenvalue weighted by Gasteiger charge is 2.19. The topological polar surface area (TPSA) is 78.9 Å². The SMILES string of the molecule is CC/C=C\C/C=C\C/C=C\C/C=C\CCCCC(=O)OCC(COC(=O)CCCCCCCCCCCCCCCC/C=C\C/C=C\C/C=C\CCCCCCC)OC(=O)CCCCCCCCCCC/C=C\CCCCCCCC. The summed E-state index contributed by atoms with van der Waals surface area (Å²) in [7, 11) is 0. The number of ether oxygens (including phenoxy) is 3. The molecule has 1 atom stereocenters. The van der Waals surface area contributed by atoms with Crippen molar-refractivity contribution in [3.63, 3.8) is 0 Å². The van der Waals surface area contributed by atoms with Crippen molar-refractivity contribution in [3.05, 3.63) is 97.2 Å². The summed E-state index contributed by atoms with van der Waals surface area (Å²) in [6.45, 7) is 6.51. The van der Waals surface area contributed by atoms with Gasteiger partial charge in [-0.1, -0.05) is 298 Å². The molecule has 1 unspecified atom stereocenters. The van der Waals surface area contributed by atoms with E-state index in [9.17, 15) is 14.4 Å². The largest absolute Gasteiger partial charge is 0.462 e. The summed E-state index contributed by atoms with van der Waals surface area (Å²) >= 11 is 0. The van der Waals surface area contributed by atoms with Gasteiger partial charge < -0.3 is 14.2 Å². The Morgan fingerprint density at radius 2 is 0.481 bits per heavy atom. The predicted molar refractivity (Wildman–Crippen MR) is 353 cm³/mol. The maximum absolute atomic E-state index is 12.9. The summed E-state index contributed by atoms with van der Waals surface area (Å²) in [6.07, 6.45) is 92.9. The fraction of sp³-hybridized carbons (Fsp3) is 0.747. The zero-order chi connectivity index (χ0) is 58.5. The molecule has 0 spiro atoms. The highest BCUT2D eigenvalue weighted by molar-refractivity contribution is 5.71. The van der Waals surface area contributed by atoms with E-state index in [4.69, 9.17) is 14.2 Å². The molecule has 0 aliphatic rings. The van der Waals surface area contributed by atoms with Gasteiger partial charge in [0.25, 0.3) is 0 Å². The third-order valence-electron chi connectivity index (χ3n) is 15.0. The highest BCUT2D eigenvalue weighted by atomic mass is 16.6. The number of allylic oxidation sites excluding steroid dienone is 16. The molecule has 0 N–H and O–H groups in total. The van der Waals surface area contributed by atoms with Crippen LogP contribution in [0.1, 0.15) is 342 Å². The third-order valence-corrected chi connectivity index (χ3v) is 15.0. The second-order valence-corrected chi connectivity index (χ2v) is 23.1. The van der Waals surface area contributed by atoms with Gasteiger partial charge in [0.2, 0.25) is 0 Å². The predicted octanol–water partition coefficient (Wildman–Crippen LogP) is 24.0.